The predicted octanol–water partition coefficient (Wildman–Crippen LogP) is 3.14. The first-order valence-corrected chi connectivity index (χ1v) is 9.88. The van der Waals surface area contributed by atoms with Crippen molar-refractivity contribution < 1.29 is 9.47 Å². The number of benzene rings is 2. The second-order valence-corrected chi connectivity index (χ2v) is 6.88. The molecule has 28 heavy (non-hydrogen) atoms. The molecule has 1 fully saturated rings. The van der Waals surface area contributed by atoms with Gasteiger partial charge in [-0.2, -0.15) is 0 Å². The van der Waals surface area contributed by atoms with E-state index < -0.39 is 0 Å². The van der Waals surface area contributed by atoms with Gasteiger partial charge in [-0.25, -0.2) is 0 Å². The molecule has 0 aliphatic carbocycles. The SMILES string of the molecule is COc1ccccc1NC(N)=NCCc1ccc(OCCN2CCCC2)cc1. The number of nitrogens with two attached hydrogens (primary N) is 1. The summed E-state index contributed by atoms with van der Waals surface area (Å²) in [7, 11) is 1.63. The molecule has 1 heterocycles. The fourth-order valence-corrected chi connectivity index (χ4v) is 3.28. The Hall–Kier alpha value is -2.73. The largest absolute Gasteiger partial charge is 0.495 e. The van der Waals surface area contributed by atoms with E-state index in [4.69, 9.17) is 15.2 Å². The summed E-state index contributed by atoms with van der Waals surface area (Å²) < 4.78 is 11.1. The first kappa shape index (κ1) is 20.0. The molecule has 0 amide bonds. The summed E-state index contributed by atoms with van der Waals surface area (Å²) in [5.74, 6) is 2.04. The molecule has 2 aromatic carbocycles. The minimum atomic E-state index is 0.381. The Balaban J connectivity index is 1.40. The molecule has 1 aliphatic heterocycles. The lowest BCUT2D eigenvalue weighted by Crippen LogP contribution is -2.25. The highest BCUT2D eigenvalue weighted by Gasteiger charge is 2.10. The van der Waals surface area contributed by atoms with Crippen LogP contribution in [0, 0.1) is 0 Å². The third-order valence-corrected chi connectivity index (χ3v) is 4.85. The molecule has 2 aromatic rings. The lowest BCUT2D eigenvalue weighted by molar-refractivity contribution is 0.238. The van der Waals surface area contributed by atoms with E-state index in [1.54, 1.807) is 7.11 Å². The van der Waals surface area contributed by atoms with Crippen molar-refractivity contribution >= 4 is 11.6 Å². The summed E-state index contributed by atoms with van der Waals surface area (Å²) in [5.41, 5.74) is 8.00. The monoisotopic (exact) mass is 382 g/mol. The molecule has 0 unspecified atom stereocenters. The van der Waals surface area contributed by atoms with Gasteiger partial charge >= 0.3 is 0 Å². The van der Waals surface area contributed by atoms with Crippen LogP contribution in [0.5, 0.6) is 11.5 Å². The number of hydrogen-bond acceptors (Lipinski definition) is 4. The number of ether oxygens (including phenoxy) is 2. The van der Waals surface area contributed by atoms with E-state index in [9.17, 15) is 0 Å². The van der Waals surface area contributed by atoms with Gasteiger partial charge in [0.25, 0.3) is 0 Å². The minimum Gasteiger partial charge on any atom is -0.495 e. The Bertz CT molecular complexity index is 755. The predicted molar refractivity (Wildman–Crippen MR) is 114 cm³/mol. The third-order valence-electron chi connectivity index (χ3n) is 4.85. The quantitative estimate of drug-likeness (QED) is 0.515. The molecule has 0 atom stereocenters. The van der Waals surface area contributed by atoms with Crippen LogP contribution in [0.15, 0.2) is 53.5 Å². The van der Waals surface area contributed by atoms with Gasteiger partial charge < -0.3 is 20.5 Å². The Morgan fingerprint density at radius 2 is 1.86 bits per heavy atom. The van der Waals surface area contributed by atoms with Crippen LogP contribution in [0.25, 0.3) is 0 Å². The highest BCUT2D eigenvalue weighted by molar-refractivity contribution is 5.93. The van der Waals surface area contributed by atoms with Crippen molar-refractivity contribution in [3.63, 3.8) is 0 Å². The smallest absolute Gasteiger partial charge is 0.193 e. The number of nitrogens with zero attached hydrogens (tertiary/aromatic N) is 2. The number of aliphatic imine (C=N–C) groups is 1. The maximum Gasteiger partial charge on any atom is 0.193 e. The van der Waals surface area contributed by atoms with Crippen LogP contribution >= 0.6 is 0 Å². The van der Waals surface area contributed by atoms with E-state index in [1.165, 1.54) is 31.5 Å². The molecule has 0 bridgehead atoms. The number of nitrogens with one attached hydrogen (secondary N) is 1. The zero-order valence-electron chi connectivity index (χ0n) is 16.6. The summed E-state index contributed by atoms with van der Waals surface area (Å²) in [6, 6.07) is 15.9. The van der Waals surface area contributed by atoms with Crippen molar-refractivity contribution in [2.75, 3.05) is 45.2 Å². The number of likely N-dealkylation sites (tertiary alicyclic amines) is 1. The standard InChI is InChI=1S/C22H30N4O2/c1-27-21-7-3-2-6-20(21)25-22(23)24-13-12-18-8-10-19(11-9-18)28-17-16-26-14-4-5-15-26/h2-3,6-11H,4-5,12-17H2,1H3,(H3,23,24,25). The molecule has 1 saturated heterocycles. The van der Waals surface area contributed by atoms with Crippen LogP contribution in [0.1, 0.15) is 18.4 Å². The first-order valence-electron chi connectivity index (χ1n) is 9.88. The van der Waals surface area contributed by atoms with Crippen molar-refractivity contribution in [3.05, 3.63) is 54.1 Å². The zero-order valence-corrected chi connectivity index (χ0v) is 16.6. The molecule has 0 aromatic heterocycles. The average molecular weight is 383 g/mol. The lowest BCUT2D eigenvalue weighted by Gasteiger charge is -2.15. The van der Waals surface area contributed by atoms with E-state index in [0.717, 1.165) is 36.8 Å². The molecule has 6 nitrogen and oxygen atoms in total. The Kier molecular flexibility index (Phi) is 7.55. The molecule has 0 radical (unpaired) electrons. The fraction of sp³-hybridized carbons (Fsp3) is 0.409. The van der Waals surface area contributed by atoms with Crippen molar-refractivity contribution in [1.29, 1.82) is 0 Å². The topological polar surface area (TPSA) is 72.1 Å². The minimum absolute atomic E-state index is 0.381. The van der Waals surface area contributed by atoms with Crippen LogP contribution < -0.4 is 20.5 Å². The number of para-hydroxylation sites is 2. The highest BCUT2D eigenvalue weighted by atomic mass is 16.5. The van der Waals surface area contributed by atoms with Crippen molar-refractivity contribution in [2.45, 2.75) is 19.3 Å². The number of rotatable bonds is 9. The summed E-state index contributed by atoms with van der Waals surface area (Å²) >= 11 is 0. The van der Waals surface area contributed by atoms with Gasteiger partial charge in [-0.05, 0) is 62.2 Å². The molecule has 150 valence electrons. The van der Waals surface area contributed by atoms with Crippen LogP contribution in [-0.2, 0) is 6.42 Å². The fourth-order valence-electron chi connectivity index (χ4n) is 3.28. The van der Waals surface area contributed by atoms with Gasteiger partial charge in [0.15, 0.2) is 5.96 Å². The normalized spacial score (nSPS) is 14.8. The summed E-state index contributed by atoms with van der Waals surface area (Å²) in [6.07, 6.45) is 3.45. The zero-order chi connectivity index (χ0) is 19.6. The van der Waals surface area contributed by atoms with Gasteiger partial charge in [-0.1, -0.05) is 24.3 Å². The van der Waals surface area contributed by atoms with Gasteiger partial charge in [-0.15, -0.1) is 0 Å². The summed E-state index contributed by atoms with van der Waals surface area (Å²) in [4.78, 5) is 6.85. The number of guanidine groups is 1. The van der Waals surface area contributed by atoms with Crippen LogP contribution in [0.4, 0.5) is 5.69 Å². The molecule has 3 N–H and O–H groups in total. The molecule has 0 spiro atoms. The average Bonchev–Trinajstić information content (AvgIpc) is 3.23. The lowest BCUT2D eigenvalue weighted by atomic mass is 10.1. The molecule has 6 heteroatoms. The number of methoxy groups -OCH3 is 1. The van der Waals surface area contributed by atoms with E-state index in [-0.39, 0.29) is 0 Å². The Morgan fingerprint density at radius 3 is 2.61 bits per heavy atom. The maximum atomic E-state index is 5.98. The second kappa shape index (κ2) is 10.6. The van der Waals surface area contributed by atoms with E-state index in [0.29, 0.717) is 12.5 Å². The van der Waals surface area contributed by atoms with Crippen LogP contribution in [0.3, 0.4) is 0 Å². The van der Waals surface area contributed by atoms with Crippen molar-refractivity contribution in [3.8, 4) is 11.5 Å². The Morgan fingerprint density at radius 1 is 1.11 bits per heavy atom. The summed E-state index contributed by atoms with van der Waals surface area (Å²) in [6.45, 7) is 4.78. The Labute approximate surface area is 167 Å². The van der Waals surface area contributed by atoms with Gasteiger partial charge in [0.2, 0.25) is 0 Å². The van der Waals surface area contributed by atoms with Gasteiger partial charge in [0.05, 0.1) is 12.8 Å². The second-order valence-electron chi connectivity index (χ2n) is 6.88. The van der Waals surface area contributed by atoms with E-state index >= 15 is 0 Å². The number of hydrogen-bond donors (Lipinski definition) is 2. The highest BCUT2D eigenvalue weighted by Crippen LogP contribution is 2.22. The molecule has 3 rings (SSSR count). The molecule has 1 aliphatic rings. The van der Waals surface area contributed by atoms with Crippen LogP contribution in [0.2, 0.25) is 0 Å². The molecular weight excluding hydrogens is 352 g/mol. The first-order chi connectivity index (χ1) is 13.7. The molecule has 0 saturated carbocycles. The third kappa shape index (κ3) is 6.16. The van der Waals surface area contributed by atoms with Crippen LogP contribution in [-0.4, -0.2) is 50.8 Å². The molecular formula is C22H30N4O2. The van der Waals surface area contributed by atoms with Crippen molar-refractivity contribution in [2.24, 2.45) is 10.7 Å². The van der Waals surface area contributed by atoms with Gasteiger partial charge in [-0.3, -0.25) is 9.89 Å². The van der Waals surface area contributed by atoms with E-state index in [2.05, 4.69) is 27.3 Å². The van der Waals surface area contributed by atoms with Gasteiger partial charge in [0, 0.05) is 13.1 Å². The van der Waals surface area contributed by atoms with E-state index in [1.807, 2.05) is 36.4 Å². The number of anilines is 1. The maximum absolute atomic E-state index is 5.98. The van der Waals surface area contributed by atoms with Gasteiger partial charge in [0.1, 0.15) is 18.1 Å². The van der Waals surface area contributed by atoms with Crippen molar-refractivity contribution in [1.82, 2.24) is 4.90 Å². The summed E-state index contributed by atoms with van der Waals surface area (Å²) in [5, 5.41) is 3.08.